The number of halogens is 2. The zero-order valence-electron chi connectivity index (χ0n) is 39.5. The molecule has 8 nitrogen and oxygen atoms in total. The van der Waals surface area contributed by atoms with Gasteiger partial charge >= 0.3 is 6.09 Å². The lowest BCUT2D eigenvalue weighted by atomic mass is 10.0. The fraction of sp³-hybridized carbons (Fsp3) is 0.698. The molecule has 1 fully saturated rings. The van der Waals surface area contributed by atoms with E-state index in [1.807, 2.05) is 47.4 Å². The number of anilines is 1. The van der Waals surface area contributed by atoms with Crippen molar-refractivity contribution in [3.05, 3.63) is 68.9 Å². The Hall–Kier alpha value is -2.94. The van der Waals surface area contributed by atoms with Crippen LogP contribution in [0.25, 0.3) is 10.9 Å². The predicted molar refractivity (Wildman–Crippen MR) is 268 cm³/mol. The van der Waals surface area contributed by atoms with Crippen LogP contribution >= 0.6 is 23.2 Å². The first-order valence-electron chi connectivity index (χ1n) is 25.5. The van der Waals surface area contributed by atoms with Crippen LogP contribution in [0.4, 0.5) is 10.5 Å². The van der Waals surface area contributed by atoms with Gasteiger partial charge in [-0.1, -0.05) is 184 Å². The Labute approximate surface area is 392 Å². The summed E-state index contributed by atoms with van der Waals surface area (Å²) >= 11 is 12.7. The number of fused-ring (bicyclic) bond motifs is 1. The van der Waals surface area contributed by atoms with Crippen LogP contribution in [0.3, 0.4) is 0 Å². The zero-order chi connectivity index (χ0) is 44.7. The van der Waals surface area contributed by atoms with Gasteiger partial charge in [0.15, 0.2) is 6.73 Å². The number of rotatable bonds is 35. The van der Waals surface area contributed by atoms with Crippen LogP contribution in [-0.2, 0) is 11.5 Å². The molecule has 1 aromatic heterocycles. The van der Waals surface area contributed by atoms with Crippen molar-refractivity contribution >= 4 is 45.9 Å². The highest BCUT2D eigenvalue weighted by Gasteiger charge is 2.20. The second-order valence-electron chi connectivity index (χ2n) is 18.1. The van der Waals surface area contributed by atoms with Crippen LogP contribution in [0.2, 0.25) is 10.0 Å². The highest BCUT2D eigenvalue weighted by atomic mass is 35.5. The number of carbonyl (C=O) groups is 1. The summed E-state index contributed by atoms with van der Waals surface area (Å²) in [6.07, 6.45) is 32.5. The summed E-state index contributed by atoms with van der Waals surface area (Å²) in [6, 6.07) is 15.0. The number of hydrogen-bond donors (Lipinski definition) is 0. The van der Waals surface area contributed by atoms with Gasteiger partial charge in [-0.2, -0.15) is 0 Å². The molecule has 3 aromatic rings. The molecule has 1 aliphatic heterocycles. The molecule has 1 saturated heterocycles. The van der Waals surface area contributed by atoms with E-state index in [1.165, 1.54) is 128 Å². The lowest BCUT2D eigenvalue weighted by molar-refractivity contribution is 0.0748. The number of unbranched alkanes of at least 4 members (excludes halogenated alkanes) is 23. The summed E-state index contributed by atoms with van der Waals surface area (Å²) in [6.45, 7) is 11.2. The Morgan fingerprint density at radius 3 is 1.70 bits per heavy atom. The number of ether oxygens (including phenoxy) is 2. The van der Waals surface area contributed by atoms with Gasteiger partial charge in [0.25, 0.3) is 5.56 Å². The molecule has 10 heteroatoms. The van der Waals surface area contributed by atoms with Gasteiger partial charge in [0.1, 0.15) is 5.75 Å². The maximum atomic E-state index is 13.7. The molecule has 0 unspecified atom stereocenters. The minimum absolute atomic E-state index is 0.122. The molecule has 2 heterocycles. The molecule has 0 aliphatic carbocycles. The summed E-state index contributed by atoms with van der Waals surface area (Å²) in [7, 11) is 0. The molecule has 0 saturated carbocycles. The van der Waals surface area contributed by atoms with E-state index in [2.05, 4.69) is 23.6 Å². The molecule has 0 N–H and O–H groups in total. The van der Waals surface area contributed by atoms with E-state index >= 15 is 0 Å². The first-order chi connectivity index (χ1) is 30.9. The van der Waals surface area contributed by atoms with Gasteiger partial charge in [-0.05, 0) is 67.9 Å². The smallest absolute Gasteiger partial charge is 0.411 e. The molecule has 0 atom stereocenters. The molecule has 2 aromatic carbocycles. The summed E-state index contributed by atoms with van der Waals surface area (Å²) in [5, 5.41) is 2.13. The molecular weight excluding hydrogens is 828 g/mol. The van der Waals surface area contributed by atoms with Crippen LogP contribution in [-0.4, -0.2) is 72.9 Å². The third kappa shape index (κ3) is 20.8. The first kappa shape index (κ1) is 52.7. The lowest BCUT2D eigenvalue weighted by Gasteiger charge is -2.36. The summed E-state index contributed by atoms with van der Waals surface area (Å²) in [5.74, 6) is 0.709. The fourth-order valence-electron chi connectivity index (χ4n) is 8.86. The number of carbonyl (C=O) groups excluding carboxylic acids is 1. The van der Waals surface area contributed by atoms with Crippen molar-refractivity contribution in [2.24, 2.45) is 0 Å². The van der Waals surface area contributed by atoms with E-state index in [-0.39, 0.29) is 18.4 Å². The van der Waals surface area contributed by atoms with Crippen molar-refractivity contribution in [1.82, 2.24) is 14.4 Å². The van der Waals surface area contributed by atoms with Crippen LogP contribution in [0, 0.1) is 0 Å². The highest BCUT2D eigenvalue weighted by Crippen LogP contribution is 2.33. The molecule has 4 rings (SSSR count). The van der Waals surface area contributed by atoms with Crippen LogP contribution < -0.4 is 15.2 Å². The van der Waals surface area contributed by atoms with Gasteiger partial charge in [0.2, 0.25) is 0 Å². The second-order valence-corrected chi connectivity index (χ2v) is 18.9. The lowest BCUT2D eigenvalue weighted by Crippen LogP contribution is -2.46. The van der Waals surface area contributed by atoms with Gasteiger partial charge in [0.05, 0.1) is 27.9 Å². The van der Waals surface area contributed by atoms with Crippen molar-refractivity contribution in [3.8, 4) is 5.75 Å². The third-order valence-corrected chi connectivity index (χ3v) is 13.7. The molecule has 63 heavy (non-hydrogen) atoms. The topological polar surface area (TPSA) is 67.2 Å². The van der Waals surface area contributed by atoms with Crippen LogP contribution in [0.15, 0.2) is 53.3 Å². The van der Waals surface area contributed by atoms with E-state index in [1.54, 1.807) is 10.6 Å². The minimum Gasteiger partial charge on any atom is -0.494 e. The Morgan fingerprint density at radius 2 is 1.14 bits per heavy atom. The number of aromatic nitrogens is 1. The summed E-state index contributed by atoms with van der Waals surface area (Å²) in [4.78, 5) is 33.6. The predicted octanol–water partition coefficient (Wildman–Crippen LogP) is 15.1. The maximum Gasteiger partial charge on any atom is 0.411 e. The average Bonchev–Trinajstić information content (AvgIpc) is 3.29. The van der Waals surface area contributed by atoms with E-state index in [9.17, 15) is 9.59 Å². The van der Waals surface area contributed by atoms with Crippen molar-refractivity contribution in [3.63, 3.8) is 0 Å². The maximum absolute atomic E-state index is 13.7. The number of amides is 1. The van der Waals surface area contributed by atoms with Crippen molar-refractivity contribution in [2.75, 3.05) is 57.3 Å². The Kier molecular flexibility index (Phi) is 27.3. The molecule has 0 spiro atoms. The molecule has 1 amide bonds. The van der Waals surface area contributed by atoms with E-state index in [0.717, 1.165) is 82.3 Å². The van der Waals surface area contributed by atoms with E-state index in [4.69, 9.17) is 32.7 Å². The Bertz CT molecular complexity index is 1700. The summed E-state index contributed by atoms with van der Waals surface area (Å²) < 4.78 is 13.7. The van der Waals surface area contributed by atoms with Gasteiger partial charge in [-0.15, -0.1) is 0 Å². The van der Waals surface area contributed by atoms with Gasteiger partial charge in [0, 0.05) is 51.4 Å². The van der Waals surface area contributed by atoms with Gasteiger partial charge in [-0.25, -0.2) is 4.79 Å². The highest BCUT2D eigenvalue weighted by molar-refractivity contribution is 6.43. The van der Waals surface area contributed by atoms with Crippen LogP contribution in [0.1, 0.15) is 181 Å². The number of hydrogen-bond acceptors (Lipinski definition) is 6. The number of benzene rings is 2. The van der Waals surface area contributed by atoms with Crippen molar-refractivity contribution in [2.45, 2.75) is 188 Å². The fourth-order valence-corrected chi connectivity index (χ4v) is 9.28. The summed E-state index contributed by atoms with van der Waals surface area (Å²) in [5.41, 5.74) is 1.52. The van der Waals surface area contributed by atoms with Gasteiger partial charge in [-0.3, -0.25) is 14.3 Å². The quantitative estimate of drug-likeness (QED) is 0.0548. The monoisotopic (exact) mass is 911 g/mol. The van der Waals surface area contributed by atoms with Crippen LogP contribution in [0.5, 0.6) is 5.75 Å². The van der Waals surface area contributed by atoms with E-state index in [0.29, 0.717) is 41.0 Å². The standard InChI is InChI=1S/C53H84Cl2N4O4/c1-3-5-7-9-11-13-15-17-19-21-23-25-37-58(38-26-24-22-20-18-16-14-12-10-8-6-4-2)53(61)63-45-59-50-44-47(34-32-46(50)33-35-51(59)60)62-43-28-27-36-56-39-41-57(42-40-56)49-31-29-30-48(54)52(49)55/h29-35,44H,3-28,36-43,45H2,1-2H3. The molecule has 1 aliphatic rings. The molecule has 0 bridgehead atoms. The molecular formula is C53H84Cl2N4O4. The van der Waals surface area contributed by atoms with Crippen molar-refractivity contribution in [1.29, 1.82) is 0 Å². The Balaban J connectivity index is 1.20. The van der Waals surface area contributed by atoms with E-state index < -0.39 is 0 Å². The average molecular weight is 912 g/mol. The van der Waals surface area contributed by atoms with Gasteiger partial charge < -0.3 is 19.3 Å². The molecule has 0 radical (unpaired) electrons. The normalized spacial score (nSPS) is 13.2. The minimum atomic E-state index is -0.327. The molecule has 354 valence electrons. The zero-order valence-corrected chi connectivity index (χ0v) is 41.1. The first-order valence-corrected chi connectivity index (χ1v) is 26.3. The number of pyridine rings is 1. The van der Waals surface area contributed by atoms with Crippen molar-refractivity contribution < 1.29 is 14.3 Å². The largest absolute Gasteiger partial charge is 0.494 e. The second kappa shape index (κ2) is 32.7. The SMILES string of the molecule is CCCCCCCCCCCCCCN(CCCCCCCCCCCCCC)C(=O)OCn1c(=O)ccc2ccc(OCCCCN3CCN(c4cccc(Cl)c4Cl)CC3)cc21. The Morgan fingerprint density at radius 1 is 0.619 bits per heavy atom. The number of piperazine rings is 1. The number of nitrogens with zero attached hydrogens (tertiary/aromatic N) is 4. The third-order valence-electron chi connectivity index (χ3n) is 12.9.